The van der Waals surface area contributed by atoms with Crippen LogP contribution >= 0.6 is 0 Å². The van der Waals surface area contributed by atoms with Gasteiger partial charge < -0.3 is 9.84 Å². The van der Waals surface area contributed by atoms with Crippen LogP contribution in [0.3, 0.4) is 0 Å². The lowest BCUT2D eigenvalue weighted by Gasteiger charge is -2.10. The highest BCUT2D eigenvalue weighted by Gasteiger charge is 2.23. The third-order valence-electron chi connectivity index (χ3n) is 4.19. The number of nitrogens with zero attached hydrogens (tertiary/aromatic N) is 2. The Morgan fingerprint density at radius 3 is 2.13 bits per heavy atom. The molecule has 30 heavy (non-hydrogen) atoms. The molecule has 3 aromatic carbocycles. The Kier molecular flexibility index (Phi) is 5.52. The van der Waals surface area contributed by atoms with E-state index in [-0.39, 0.29) is 16.8 Å². The van der Waals surface area contributed by atoms with Crippen LogP contribution in [0.1, 0.15) is 5.56 Å². The van der Waals surface area contributed by atoms with Gasteiger partial charge in [0.05, 0.1) is 7.11 Å². The maximum Gasteiger partial charge on any atom is 0.296 e. The molecule has 0 aliphatic heterocycles. The molecule has 0 heterocycles. The van der Waals surface area contributed by atoms with Crippen LogP contribution in [-0.4, -0.2) is 38.2 Å². The average molecular weight is 452 g/mol. The number of azo groups is 1. The number of ether oxygens (including phenoxy) is 1. The molecule has 0 fully saturated rings. The van der Waals surface area contributed by atoms with E-state index in [9.17, 15) is 31.0 Å². The molecule has 10 nitrogen and oxygen atoms in total. The Bertz CT molecular complexity index is 1400. The fourth-order valence-corrected chi connectivity index (χ4v) is 4.07. The molecule has 0 bridgehead atoms. The van der Waals surface area contributed by atoms with Crippen LogP contribution in [0.25, 0.3) is 10.8 Å². The number of benzene rings is 3. The summed E-state index contributed by atoms with van der Waals surface area (Å²) in [6.45, 7) is 1.76. The number of methoxy groups -OCH3 is 1. The molecule has 3 rings (SSSR count). The van der Waals surface area contributed by atoms with Crippen LogP contribution in [0.2, 0.25) is 0 Å². The molecule has 0 saturated carbocycles. The Hall–Kier alpha value is -3.06. The average Bonchev–Trinajstić information content (AvgIpc) is 2.65. The van der Waals surface area contributed by atoms with Gasteiger partial charge in [0.2, 0.25) is 0 Å². The lowest BCUT2D eigenvalue weighted by atomic mass is 10.1. The minimum Gasteiger partial charge on any atom is -0.505 e. The summed E-state index contributed by atoms with van der Waals surface area (Å²) in [5.74, 6) is -0.463. The van der Waals surface area contributed by atoms with Gasteiger partial charge in [-0.1, -0.05) is 23.8 Å². The van der Waals surface area contributed by atoms with Crippen molar-refractivity contribution in [2.24, 2.45) is 10.2 Å². The van der Waals surface area contributed by atoms with E-state index in [2.05, 4.69) is 10.2 Å². The largest absolute Gasteiger partial charge is 0.505 e. The molecule has 0 aromatic heterocycles. The van der Waals surface area contributed by atoms with Crippen molar-refractivity contribution in [3.05, 3.63) is 48.0 Å². The first-order valence-corrected chi connectivity index (χ1v) is 11.1. The van der Waals surface area contributed by atoms with Crippen molar-refractivity contribution in [3.63, 3.8) is 0 Å². The Morgan fingerprint density at radius 2 is 1.53 bits per heavy atom. The van der Waals surface area contributed by atoms with Gasteiger partial charge in [0.25, 0.3) is 20.2 Å². The van der Waals surface area contributed by atoms with E-state index in [0.717, 1.165) is 17.7 Å². The molecule has 3 N–H and O–H groups in total. The topological polar surface area (TPSA) is 163 Å². The van der Waals surface area contributed by atoms with Crippen LogP contribution in [0.15, 0.2) is 62.5 Å². The fourth-order valence-electron chi connectivity index (χ4n) is 2.78. The normalized spacial score (nSPS) is 12.5. The Balaban J connectivity index is 2.27. The Morgan fingerprint density at radius 1 is 0.867 bits per heavy atom. The molecule has 0 saturated heterocycles. The summed E-state index contributed by atoms with van der Waals surface area (Å²) >= 11 is 0. The lowest BCUT2D eigenvalue weighted by Crippen LogP contribution is -2.00. The van der Waals surface area contributed by atoms with Gasteiger partial charge in [-0.25, -0.2) is 0 Å². The molecule has 158 valence electrons. The van der Waals surface area contributed by atoms with E-state index in [1.165, 1.54) is 25.3 Å². The van der Waals surface area contributed by atoms with Gasteiger partial charge in [-0.2, -0.15) is 16.8 Å². The standard InChI is InChI=1S/C18H16N2O8S2/c1-10-3-5-13-11(7-10)8-16(30(25,26)27)17(18(13)21)20-19-14-6-4-12(28-2)9-15(14)29(22,23)24/h3-9,21H,1-2H3,(H,22,23,24)(H,25,26,27). The van der Waals surface area contributed by atoms with Crippen LogP contribution in [0, 0.1) is 6.92 Å². The second-order valence-corrected chi connectivity index (χ2v) is 9.06. The van der Waals surface area contributed by atoms with Gasteiger partial charge in [-0.05, 0) is 30.5 Å². The maximum atomic E-state index is 11.8. The predicted molar refractivity (Wildman–Crippen MR) is 107 cm³/mol. The van der Waals surface area contributed by atoms with E-state index in [0.29, 0.717) is 5.39 Å². The molecule has 0 aliphatic carbocycles. The molecule has 0 atom stereocenters. The van der Waals surface area contributed by atoms with Gasteiger partial charge in [0, 0.05) is 11.5 Å². The van der Waals surface area contributed by atoms with E-state index in [1.807, 2.05) is 0 Å². The SMILES string of the molecule is COc1ccc(N=Nc2c(S(=O)(=O)O)cc3cc(C)ccc3c2O)c(S(=O)(=O)O)c1. The minimum atomic E-state index is -4.82. The van der Waals surface area contributed by atoms with Crippen molar-refractivity contribution in [1.29, 1.82) is 0 Å². The molecular formula is C18H16N2O8S2. The maximum absolute atomic E-state index is 11.8. The quantitative estimate of drug-likeness (QED) is 0.389. The van der Waals surface area contributed by atoms with Crippen LogP contribution in [0.5, 0.6) is 11.5 Å². The highest BCUT2D eigenvalue weighted by molar-refractivity contribution is 7.86. The molecule has 0 unspecified atom stereocenters. The first-order valence-electron chi connectivity index (χ1n) is 8.23. The first-order chi connectivity index (χ1) is 13.9. The molecule has 3 aromatic rings. The summed E-state index contributed by atoms with van der Waals surface area (Å²) in [6, 6.07) is 9.43. The first kappa shape index (κ1) is 21.6. The number of hydrogen-bond acceptors (Lipinski definition) is 8. The number of hydrogen-bond donors (Lipinski definition) is 3. The highest BCUT2D eigenvalue weighted by atomic mass is 32.2. The van der Waals surface area contributed by atoms with E-state index in [1.54, 1.807) is 19.1 Å². The molecule has 0 amide bonds. The van der Waals surface area contributed by atoms with Crippen LogP contribution in [-0.2, 0) is 20.2 Å². The molecule has 12 heteroatoms. The van der Waals surface area contributed by atoms with Crippen molar-refractivity contribution in [2.75, 3.05) is 7.11 Å². The van der Waals surface area contributed by atoms with Crippen LogP contribution in [0.4, 0.5) is 11.4 Å². The second kappa shape index (κ2) is 7.65. The zero-order valence-electron chi connectivity index (χ0n) is 15.6. The van der Waals surface area contributed by atoms with Crippen molar-refractivity contribution in [3.8, 4) is 11.5 Å². The summed E-state index contributed by atoms with van der Waals surface area (Å²) < 4.78 is 70.9. The zero-order valence-corrected chi connectivity index (χ0v) is 17.3. The number of aryl methyl sites for hydroxylation is 1. The van der Waals surface area contributed by atoms with E-state index >= 15 is 0 Å². The third kappa shape index (κ3) is 4.26. The summed E-state index contributed by atoms with van der Waals surface area (Å²) in [4.78, 5) is -1.36. The van der Waals surface area contributed by atoms with Crippen molar-refractivity contribution in [2.45, 2.75) is 16.7 Å². The summed E-state index contributed by atoms with van der Waals surface area (Å²) in [6.07, 6.45) is 0. The lowest BCUT2D eigenvalue weighted by molar-refractivity contribution is 0.412. The van der Waals surface area contributed by atoms with E-state index < -0.39 is 41.5 Å². The monoisotopic (exact) mass is 452 g/mol. The number of fused-ring (bicyclic) bond motifs is 1. The minimum absolute atomic E-state index is 0.115. The summed E-state index contributed by atoms with van der Waals surface area (Å²) in [5, 5.41) is 18.5. The third-order valence-corrected chi connectivity index (χ3v) is 5.94. The summed E-state index contributed by atoms with van der Waals surface area (Å²) in [5.41, 5.74) is -0.150. The number of phenolic OH excluding ortho intramolecular Hbond substituents is 1. The zero-order chi connectivity index (χ0) is 22.3. The summed E-state index contributed by atoms with van der Waals surface area (Å²) in [7, 11) is -8.25. The number of rotatable bonds is 5. The molecular weight excluding hydrogens is 436 g/mol. The van der Waals surface area contributed by atoms with Gasteiger partial charge >= 0.3 is 0 Å². The van der Waals surface area contributed by atoms with Gasteiger partial charge in [0.15, 0.2) is 5.75 Å². The van der Waals surface area contributed by atoms with Gasteiger partial charge in [-0.3, -0.25) is 9.11 Å². The second-order valence-electron chi connectivity index (χ2n) is 6.28. The predicted octanol–water partition coefficient (Wildman–Crippen LogP) is 3.77. The number of aromatic hydroxyl groups is 1. The van der Waals surface area contributed by atoms with Gasteiger partial charge in [-0.15, -0.1) is 10.2 Å². The highest BCUT2D eigenvalue weighted by Crippen LogP contribution is 2.42. The van der Waals surface area contributed by atoms with Crippen molar-refractivity contribution < 1.29 is 35.8 Å². The molecule has 0 spiro atoms. The molecule has 0 aliphatic rings. The van der Waals surface area contributed by atoms with Crippen molar-refractivity contribution in [1.82, 2.24) is 0 Å². The van der Waals surface area contributed by atoms with Gasteiger partial charge in [0.1, 0.15) is 26.9 Å². The number of phenols is 1. The fraction of sp³-hybridized carbons (Fsp3) is 0.111. The van der Waals surface area contributed by atoms with Crippen molar-refractivity contribution >= 4 is 42.4 Å². The Labute approximate surface area is 172 Å². The molecule has 0 radical (unpaired) electrons. The van der Waals surface area contributed by atoms with E-state index in [4.69, 9.17) is 4.74 Å². The smallest absolute Gasteiger partial charge is 0.296 e. The van der Waals surface area contributed by atoms with Crippen LogP contribution < -0.4 is 4.74 Å².